The van der Waals surface area contributed by atoms with Crippen molar-refractivity contribution in [3.05, 3.63) is 59.7 Å². The van der Waals surface area contributed by atoms with Gasteiger partial charge in [-0.25, -0.2) is 0 Å². The predicted molar refractivity (Wildman–Crippen MR) is 133 cm³/mol. The van der Waals surface area contributed by atoms with Crippen LogP contribution in [-0.2, 0) is 13.0 Å². The minimum atomic E-state index is 0.607. The highest BCUT2D eigenvalue weighted by atomic mass is 32.1. The molecule has 0 aliphatic carbocycles. The molecule has 0 aliphatic rings. The van der Waals surface area contributed by atoms with Crippen LogP contribution in [0.3, 0.4) is 0 Å². The third-order valence-corrected chi connectivity index (χ3v) is 5.24. The third-order valence-electron chi connectivity index (χ3n) is 4.83. The lowest BCUT2D eigenvalue weighted by molar-refractivity contribution is 0.286. The molecule has 1 N–H and O–H groups in total. The zero-order valence-corrected chi connectivity index (χ0v) is 20.2. The predicted octanol–water partition coefficient (Wildman–Crippen LogP) is 4.35. The third kappa shape index (κ3) is 9.15. The Balaban J connectivity index is 2.03. The Hall–Kier alpha value is -2.31. The molecule has 31 heavy (non-hydrogen) atoms. The standard InChI is InChI=1S/C25H37N3O2S/c1-5-29-23-14-13-22(19-24(23)30-6-2)20-28(18-10-17-27(3)4)25(31)26-16-15-21-11-8-7-9-12-21/h7-9,11-14,19H,5-6,10,15-18,20H2,1-4H3,(H,26,31). The van der Waals surface area contributed by atoms with Crippen molar-refractivity contribution in [2.24, 2.45) is 0 Å². The van der Waals surface area contributed by atoms with E-state index in [9.17, 15) is 0 Å². The first-order valence-corrected chi connectivity index (χ1v) is 11.5. The van der Waals surface area contributed by atoms with Crippen LogP contribution < -0.4 is 14.8 Å². The van der Waals surface area contributed by atoms with Crippen molar-refractivity contribution in [2.45, 2.75) is 33.2 Å². The number of thiocarbonyl (C=S) groups is 1. The highest BCUT2D eigenvalue weighted by Crippen LogP contribution is 2.29. The summed E-state index contributed by atoms with van der Waals surface area (Å²) in [5.74, 6) is 1.58. The molecule has 0 atom stereocenters. The molecule has 0 aromatic heterocycles. The average Bonchev–Trinajstić information content (AvgIpc) is 2.75. The number of ether oxygens (including phenoxy) is 2. The number of rotatable bonds is 13. The summed E-state index contributed by atoms with van der Waals surface area (Å²) in [5, 5.41) is 4.24. The highest BCUT2D eigenvalue weighted by molar-refractivity contribution is 7.80. The van der Waals surface area contributed by atoms with Crippen LogP contribution in [0.1, 0.15) is 31.4 Å². The molecule has 5 nitrogen and oxygen atoms in total. The molecule has 0 spiro atoms. The van der Waals surface area contributed by atoms with Crippen molar-refractivity contribution >= 4 is 17.3 Å². The molecular weight excluding hydrogens is 406 g/mol. The van der Waals surface area contributed by atoms with Crippen LogP contribution >= 0.6 is 12.2 Å². The Labute approximate surface area is 193 Å². The Morgan fingerprint density at radius 3 is 2.29 bits per heavy atom. The van der Waals surface area contributed by atoms with Crippen LogP contribution in [0.2, 0.25) is 0 Å². The van der Waals surface area contributed by atoms with Crippen LogP contribution in [0, 0.1) is 0 Å². The van der Waals surface area contributed by atoms with E-state index in [0.717, 1.165) is 61.2 Å². The zero-order valence-electron chi connectivity index (χ0n) is 19.4. The van der Waals surface area contributed by atoms with Gasteiger partial charge in [-0.05, 0) is 82.8 Å². The van der Waals surface area contributed by atoms with Gasteiger partial charge in [0.1, 0.15) is 0 Å². The fraction of sp³-hybridized carbons (Fsp3) is 0.480. The van der Waals surface area contributed by atoms with Gasteiger partial charge in [-0.1, -0.05) is 36.4 Å². The Bertz CT molecular complexity index is 784. The second kappa shape index (κ2) is 13.9. The fourth-order valence-corrected chi connectivity index (χ4v) is 3.57. The SMILES string of the molecule is CCOc1ccc(CN(CCCN(C)C)C(=S)NCCc2ccccc2)cc1OCC. The molecule has 0 saturated heterocycles. The molecule has 0 radical (unpaired) electrons. The van der Waals surface area contributed by atoms with Gasteiger partial charge in [0.25, 0.3) is 0 Å². The fourth-order valence-electron chi connectivity index (χ4n) is 3.31. The Morgan fingerprint density at radius 2 is 1.61 bits per heavy atom. The molecule has 0 bridgehead atoms. The lowest BCUT2D eigenvalue weighted by Gasteiger charge is -2.27. The number of nitrogens with one attached hydrogen (secondary N) is 1. The molecule has 170 valence electrons. The van der Waals surface area contributed by atoms with Crippen molar-refractivity contribution in [1.82, 2.24) is 15.1 Å². The van der Waals surface area contributed by atoms with E-state index < -0.39 is 0 Å². The van der Waals surface area contributed by atoms with Crippen molar-refractivity contribution in [3.8, 4) is 11.5 Å². The number of hydrogen-bond donors (Lipinski definition) is 1. The van der Waals surface area contributed by atoms with Crippen molar-refractivity contribution < 1.29 is 9.47 Å². The molecule has 6 heteroatoms. The van der Waals surface area contributed by atoms with Gasteiger partial charge in [0.05, 0.1) is 13.2 Å². The smallest absolute Gasteiger partial charge is 0.169 e. The van der Waals surface area contributed by atoms with Gasteiger partial charge in [-0.2, -0.15) is 0 Å². The van der Waals surface area contributed by atoms with Crippen molar-refractivity contribution in [3.63, 3.8) is 0 Å². The van der Waals surface area contributed by atoms with E-state index >= 15 is 0 Å². The molecule has 2 aromatic rings. The van der Waals surface area contributed by atoms with E-state index in [2.05, 4.69) is 65.6 Å². The molecule has 2 rings (SSSR count). The van der Waals surface area contributed by atoms with E-state index in [1.165, 1.54) is 5.56 Å². The Kier molecular flexibility index (Phi) is 11.2. The van der Waals surface area contributed by atoms with Gasteiger partial charge in [0.15, 0.2) is 16.6 Å². The van der Waals surface area contributed by atoms with E-state index in [-0.39, 0.29) is 0 Å². The van der Waals surface area contributed by atoms with Gasteiger partial charge in [-0.3, -0.25) is 0 Å². The summed E-state index contributed by atoms with van der Waals surface area (Å²) < 4.78 is 11.5. The zero-order chi connectivity index (χ0) is 22.5. The molecule has 2 aromatic carbocycles. The second-order valence-electron chi connectivity index (χ2n) is 7.69. The summed E-state index contributed by atoms with van der Waals surface area (Å²) in [5.41, 5.74) is 2.47. The first-order valence-electron chi connectivity index (χ1n) is 11.1. The first-order chi connectivity index (χ1) is 15.0. The van der Waals surface area contributed by atoms with E-state index in [1.807, 2.05) is 26.0 Å². The number of hydrogen-bond acceptors (Lipinski definition) is 4. The molecule has 0 amide bonds. The van der Waals surface area contributed by atoms with Gasteiger partial charge in [0.2, 0.25) is 0 Å². The van der Waals surface area contributed by atoms with Crippen LogP contribution in [-0.4, -0.2) is 61.9 Å². The lowest BCUT2D eigenvalue weighted by atomic mass is 10.1. The quantitative estimate of drug-likeness (QED) is 0.464. The summed E-state index contributed by atoms with van der Waals surface area (Å²) in [4.78, 5) is 4.45. The van der Waals surface area contributed by atoms with Gasteiger partial charge in [0, 0.05) is 19.6 Å². The summed E-state index contributed by atoms with van der Waals surface area (Å²) in [7, 11) is 4.20. The molecule has 0 saturated carbocycles. The molecule has 0 heterocycles. The van der Waals surface area contributed by atoms with E-state index in [0.29, 0.717) is 13.2 Å². The summed E-state index contributed by atoms with van der Waals surface area (Å²) in [6, 6.07) is 16.6. The molecule has 0 aliphatic heterocycles. The van der Waals surface area contributed by atoms with Crippen molar-refractivity contribution in [2.75, 3.05) is 46.9 Å². The second-order valence-corrected chi connectivity index (χ2v) is 8.08. The van der Waals surface area contributed by atoms with Gasteiger partial charge < -0.3 is 24.6 Å². The average molecular weight is 444 g/mol. The molecule has 0 unspecified atom stereocenters. The highest BCUT2D eigenvalue weighted by Gasteiger charge is 2.13. The van der Waals surface area contributed by atoms with Gasteiger partial charge >= 0.3 is 0 Å². The largest absolute Gasteiger partial charge is 0.490 e. The van der Waals surface area contributed by atoms with Crippen molar-refractivity contribution in [1.29, 1.82) is 0 Å². The number of benzene rings is 2. The maximum Gasteiger partial charge on any atom is 0.169 e. The maximum absolute atomic E-state index is 5.80. The van der Waals surface area contributed by atoms with E-state index in [4.69, 9.17) is 21.7 Å². The minimum absolute atomic E-state index is 0.607. The van der Waals surface area contributed by atoms with Crippen LogP contribution in [0.4, 0.5) is 0 Å². The summed E-state index contributed by atoms with van der Waals surface area (Å²) >= 11 is 5.77. The lowest BCUT2D eigenvalue weighted by Crippen LogP contribution is -2.41. The number of nitrogens with zero attached hydrogens (tertiary/aromatic N) is 2. The minimum Gasteiger partial charge on any atom is -0.490 e. The maximum atomic E-state index is 5.80. The van der Waals surface area contributed by atoms with Crippen LogP contribution in [0.15, 0.2) is 48.5 Å². The first kappa shape index (κ1) is 25.0. The van der Waals surface area contributed by atoms with Gasteiger partial charge in [-0.15, -0.1) is 0 Å². The topological polar surface area (TPSA) is 37.0 Å². The van der Waals surface area contributed by atoms with E-state index in [1.54, 1.807) is 0 Å². The normalized spacial score (nSPS) is 10.7. The Morgan fingerprint density at radius 1 is 0.903 bits per heavy atom. The molecule has 0 fully saturated rings. The monoisotopic (exact) mass is 443 g/mol. The summed E-state index contributed by atoms with van der Waals surface area (Å²) in [6.45, 7) is 8.67. The summed E-state index contributed by atoms with van der Waals surface area (Å²) in [6.07, 6.45) is 1.99. The van der Waals surface area contributed by atoms with Crippen LogP contribution in [0.25, 0.3) is 0 Å². The molecular formula is C25H37N3O2S. The van der Waals surface area contributed by atoms with Crippen LogP contribution in [0.5, 0.6) is 11.5 Å².